The van der Waals surface area contributed by atoms with E-state index < -0.39 is 9.84 Å². The lowest BCUT2D eigenvalue weighted by atomic mass is 10.00. The number of hydrogen-bond acceptors (Lipinski definition) is 3. The van der Waals surface area contributed by atoms with Crippen molar-refractivity contribution < 1.29 is 8.42 Å². The Kier molecular flexibility index (Phi) is 6.88. The monoisotopic (exact) mass is 311 g/mol. The van der Waals surface area contributed by atoms with E-state index in [1.165, 1.54) is 5.56 Å². The standard InChI is InChI=1S/C17H29NO2S/c1-6-9-18-17(12-21(19,20)11-13(2)3)16-8-7-14(4)10-15(16)5/h7-8,10,13,17-18H,6,9,11-12H2,1-5H3. The highest BCUT2D eigenvalue weighted by atomic mass is 32.2. The normalized spacial score (nSPS) is 13.6. The van der Waals surface area contributed by atoms with E-state index in [1.54, 1.807) is 0 Å². The molecule has 1 aromatic carbocycles. The Morgan fingerprint density at radius 2 is 1.81 bits per heavy atom. The molecule has 0 saturated heterocycles. The first kappa shape index (κ1) is 18.2. The predicted octanol–water partition coefficient (Wildman–Crippen LogP) is 3.41. The first-order valence-corrected chi connectivity index (χ1v) is 9.58. The fraction of sp³-hybridized carbons (Fsp3) is 0.647. The van der Waals surface area contributed by atoms with Gasteiger partial charge in [-0.3, -0.25) is 0 Å². The van der Waals surface area contributed by atoms with Crippen molar-refractivity contribution in [1.29, 1.82) is 0 Å². The molecule has 0 aliphatic carbocycles. The second-order valence-electron chi connectivity index (χ2n) is 6.34. The summed E-state index contributed by atoms with van der Waals surface area (Å²) >= 11 is 0. The third kappa shape index (κ3) is 6.18. The molecule has 0 aliphatic rings. The highest BCUT2D eigenvalue weighted by Crippen LogP contribution is 2.21. The van der Waals surface area contributed by atoms with Gasteiger partial charge in [-0.25, -0.2) is 8.42 Å². The quantitative estimate of drug-likeness (QED) is 0.800. The predicted molar refractivity (Wildman–Crippen MR) is 90.4 cm³/mol. The van der Waals surface area contributed by atoms with Crippen LogP contribution in [0.1, 0.15) is 49.9 Å². The number of aryl methyl sites for hydroxylation is 2. The molecule has 4 heteroatoms. The molecule has 21 heavy (non-hydrogen) atoms. The minimum Gasteiger partial charge on any atom is -0.309 e. The lowest BCUT2D eigenvalue weighted by Gasteiger charge is -2.22. The summed E-state index contributed by atoms with van der Waals surface area (Å²) in [6.45, 7) is 10.9. The van der Waals surface area contributed by atoms with Crippen LogP contribution in [0.5, 0.6) is 0 Å². The Morgan fingerprint density at radius 3 is 2.33 bits per heavy atom. The first-order chi connectivity index (χ1) is 9.75. The van der Waals surface area contributed by atoms with Crippen molar-refractivity contribution in [3.63, 3.8) is 0 Å². The Hall–Kier alpha value is -0.870. The van der Waals surface area contributed by atoms with Crippen molar-refractivity contribution in [3.8, 4) is 0 Å². The first-order valence-electron chi connectivity index (χ1n) is 7.76. The maximum absolute atomic E-state index is 12.3. The molecule has 1 rings (SSSR count). The molecule has 0 aromatic heterocycles. The number of rotatable bonds is 8. The minimum atomic E-state index is -3.05. The largest absolute Gasteiger partial charge is 0.309 e. The fourth-order valence-electron chi connectivity index (χ4n) is 2.62. The molecule has 1 unspecified atom stereocenters. The van der Waals surface area contributed by atoms with Gasteiger partial charge in [-0.15, -0.1) is 0 Å². The number of sulfone groups is 1. The van der Waals surface area contributed by atoms with Gasteiger partial charge >= 0.3 is 0 Å². The van der Waals surface area contributed by atoms with Crippen molar-refractivity contribution in [1.82, 2.24) is 5.32 Å². The number of nitrogens with one attached hydrogen (secondary N) is 1. The lowest BCUT2D eigenvalue weighted by molar-refractivity contribution is 0.539. The van der Waals surface area contributed by atoms with Crippen LogP contribution >= 0.6 is 0 Å². The number of hydrogen-bond donors (Lipinski definition) is 1. The highest BCUT2D eigenvalue weighted by Gasteiger charge is 2.22. The second kappa shape index (κ2) is 7.95. The van der Waals surface area contributed by atoms with Gasteiger partial charge in [0.25, 0.3) is 0 Å². The van der Waals surface area contributed by atoms with E-state index in [1.807, 2.05) is 13.8 Å². The fourth-order valence-corrected chi connectivity index (χ4v) is 4.58. The van der Waals surface area contributed by atoms with Crippen LogP contribution in [0.4, 0.5) is 0 Å². The van der Waals surface area contributed by atoms with Crippen molar-refractivity contribution >= 4 is 9.84 Å². The van der Waals surface area contributed by atoms with E-state index in [9.17, 15) is 8.42 Å². The third-order valence-electron chi connectivity index (χ3n) is 3.45. The molecule has 0 heterocycles. The molecule has 0 bridgehead atoms. The summed E-state index contributed by atoms with van der Waals surface area (Å²) in [5.74, 6) is 0.595. The van der Waals surface area contributed by atoms with Gasteiger partial charge in [-0.05, 0) is 43.9 Å². The van der Waals surface area contributed by atoms with Crippen LogP contribution in [0, 0.1) is 19.8 Å². The van der Waals surface area contributed by atoms with Crippen molar-refractivity contribution in [2.75, 3.05) is 18.1 Å². The maximum Gasteiger partial charge on any atom is 0.152 e. The summed E-state index contributed by atoms with van der Waals surface area (Å²) in [7, 11) is -3.05. The third-order valence-corrected chi connectivity index (χ3v) is 5.47. The van der Waals surface area contributed by atoms with E-state index in [0.717, 1.165) is 24.1 Å². The summed E-state index contributed by atoms with van der Waals surface area (Å²) < 4.78 is 24.7. The zero-order valence-corrected chi connectivity index (χ0v) is 14.8. The van der Waals surface area contributed by atoms with Crippen molar-refractivity contribution in [3.05, 3.63) is 34.9 Å². The van der Waals surface area contributed by atoms with Crippen LogP contribution in [0.3, 0.4) is 0 Å². The van der Waals surface area contributed by atoms with Crippen LogP contribution in [-0.2, 0) is 9.84 Å². The molecule has 0 aliphatic heterocycles. The maximum atomic E-state index is 12.3. The van der Waals surface area contributed by atoms with Gasteiger partial charge in [0.15, 0.2) is 9.84 Å². The molecule has 0 spiro atoms. The average molecular weight is 311 g/mol. The van der Waals surface area contributed by atoms with Gasteiger partial charge in [0.1, 0.15) is 0 Å². The zero-order chi connectivity index (χ0) is 16.0. The highest BCUT2D eigenvalue weighted by molar-refractivity contribution is 7.91. The summed E-state index contributed by atoms with van der Waals surface area (Å²) in [6.07, 6.45) is 0.992. The van der Waals surface area contributed by atoms with Gasteiger partial charge in [-0.2, -0.15) is 0 Å². The van der Waals surface area contributed by atoms with Crippen LogP contribution in [0.25, 0.3) is 0 Å². The molecular weight excluding hydrogens is 282 g/mol. The van der Waals surface area contributed by atoms with Gasteiger partial charge in [0, 0.05) is 6.04 Å². The summed E-state index contributed by atoms with van der Waals surface area (Å²) in [5.41, 5.74) is 3.46. The smallest absolute Gasteiger partial charge is 0.152 e. The molecule has 0 saturated carbocycles. The van der Waals surface area contributed by atoms with Crippen LogP contribution < -0.4 is 5.32 Å². The summed E-state index contributed by atoms with van der Waals surface area (Å²) in [5, 5.41) is 3.40. The SMILES string of the molecule is CCCNC(CS(=O)(=O)CC(C)C)c1ccc(C)cc1C. The molecule has 1 atom stereocenters. The molecule has 120 valence electrons. The van der Waals surface area contributed by atoms with E-state index in [4.69, 9.17) is 0 Å². The van der Waals surface area contributed by atoms with E-state index >= 15 is 0 Å². The zero-order valence-electron chi connectivity index (χ0n) is 13.9. The summed E-state index contributed by atoms with van der Waals surface area (Å²) in [4.78, 5) is 0. The molecular formula is C17H29NO2S. The molecule has 1 N–H and O–H groups in total. The molecule has 1 aromatic rings. The van der Waals surface area contributed by atoms with Gasteiger partial charge < -0.3 is 5.32 Å². The average Bonchev–Trinajstić information content (AvgIpc) is 2.33. The Labute approximate surface area is 130 Å². The van der Waals surface area contributed by atoms with Crippen molar-refractivity contribution in [2.45, 2.75) is 47.1 Å². The Morgan fingerprint density at radius 1 is 1.14 bits per heavy atom. The van der Waals surface area contributed by atoms with Crippen LogP contribution in [-0.4, -0.2) is 26.5 Å². The van der Waals surface area contributed by atoms with Crippen LogP contribution in [0.15, 0.2) is 18.2 Å². The molecule has 0 radical (unpaired) electrons. The Bertz CT molecular complexity index is 550. The van der Waals surface area contributed by atoms with Gasteiger partial charge in [0.2, 0.25) is 0 Å². The Balaban J connectivity index is 3.00. The van der Waals surface area contributed by atoms with Gasteiger partial charge in [-0.1, -0.05) is 44.5 Å². The van der Waals surface area contributed by atoms with Gasteiger partial charge in [0.05, 0.1) is 11.5 Å². The number of benzene rings is 1. The van der Waals surface area contributed by atoms with E-state index in [2.05, 4.69) is 44.3 Å². The molecule has 3 nitrogen and oxygen atoms in total. The lowest BCUT2D eigenvalue weighted by Crippen LogP contribution is -2.31. The van der Waals surface area contributed by atoms with E-state index in [0.29, 0.717) is 0 Å². The van der Waals surface area contributed by atoms with Crippen molar-refractivity contribution in [2.24, 2.45) is 5.92 Å². The topological polar surface area (TPSA) is 46.2 Å². The second-order valence-corrected chi connectivity index (χ2v) is 8.49. The molecule has 0 amide bonds. The van der Waals surface area contributed by atoms with E-state index in [-0.39, 0.29) is 23.5 Å². The minimum absolute atomic E-state index is 0.116. The summed E-state index contributed by atoms with van der Waals surface area (Å²) in [6, 6.07) is 6.11. The van der Waals surface area contributed by atoms with Crippen LogP contribution in [0.2, 0.25) is 0 Å². The molecule has 0 fully saturated rings.